The number of aromatic amines is 1. The van der Waals surface area contributed by atoms with E-state index in [1.165, 1.54) is 5.56 Å². The lowest BCUT2D eigenvalue weighted by molar-refractivity contribution is 0.0676. The summed E-state index contributed by atoms with van der Waals surface area (Å²) in [6.45, 7) is 6.55. The lowest BCUT2D eigenvalue weighted by Crippen LogP contribution is -2.41. The van der Waals surface area contributed by atoms with Crippen molar-refractivity contribution >= 4 is 16.8 Å². The Balaban J connectivity index is 1.73. The van der Waals surface area contributed by atoms with Crippen molar-refractivity contribution in [3.05, 3.63) is 74.6 Å². The molecule has 144 valence electrons. The van der Waals surface area contributed by atoms with E-state index in [-0.39, 0.29) is 23.1 Å². The van der Waals surface area contributed by atoms with Crippen LogP contribution in [0.15, 0.2) is 41.2 Å². The van der Waals surface area contributed by atoms with Crippen LogP contribution in [0.1, 0.15) is 45.6 Å². The molecule has 0 saturated carbocycles. The number of nitrogens with zero attached hydrogens (tertiary/aromatic N) is 1. The van der Waals surface area contributed by atoms with Gasteiger partial charge in [0, 0.05) is 6.54 Å². The second-order valence-electron chi connectivity index (χ2n) is 7.55. The standard InChI is InChI=1S/C23H24N2O3/c1-13-9-14(2)21-17(10-13)12-20(22(26)24-21)23(27)25-8-7-16-11-18(28-4)5-6-19(16)15(25)3/h5-6,9-12,15H,7-8H2,1-4H3,(H,24,26). The predicted molar refractivity (Wildman–Crippen MR) is 110 cm³/mol. The molecule has 1 aromatic heterocycles. The van der Waals surface area contributed by atoms with Gasteiger partial charge < -0.3 is 14.6 Å². The summed E-state index contributed by atoms with van der Waals surface area (Å²) in [5.74, 6) is 0.596. The van der Waals surface area contributed by atoms with Crippen LogP contribution in [-0.4, -0.2) is 29.4 Å². The number of nitrogens with one attached hydrogen (secondary N) is 1. The number of amides is 1. The van der Waals surface area contributed by atoms with Crippen molar-refractivity contribution < 1.29 is 9.53 Å². The molecule has 1 atom stereocenters. The molecule has 2 aromatic carbocycles. The first-order chi connectivity index (χ1) is 13.4. The zero-order valence-corrected chi connectivity index (χ0v) is 16.6. The first-order valence-corrected chi connectivity index (χ1v) is 9.51. The molecule has 5 nitrogen and oxygen atoms in total. The van der Waals surface area contributed by atoms with Crippen molar-refractivity contribution in [1.82, 2.24) is 9.88 Å². The highest BCUT2D eigenvalue weighted by atomic mass is 16.5. The molecular formula is C23H24N2O3. The van der Waals surface area contributed by atoms with E-state index in [0.717, 1.165) is 39.8 Å². The third-order valence-electron chi connectivity index (χ3n) is 5.67. The van der Waals surface area contributed by atoms with Crippen LogP contribution >= 0.6 is 0 Å². The number of hydrogen-bond acceptors (Lipinski definition) is 3. The van der Waals surface area contributed by atoms with E-state index >= 15 is 0 Å². The van der Waals surface area contributed by atoms with Gasteiger partial charge in [-0.3, -0.25) is 9.59 Å². The van der Waals surface area contributed by atoms with Crippen LogP contribution in [0.2, 0.25) is 0 Å². The van der Waals surface area contributed by atoms with Crippen molar-refractivity contribution in [1.29, 1.82) is 0 Å². The van der Waals surface area contributed by atoms with Gasteiger partial charge in [0.25, 0.3) is 11.5 Å². The van der Waals surface area contributed by atoms with Crippen LogP contribution in [-0.2, 0) is 6.42 Å². The maximum atomic E-state index is 13.3. The maximum Gasteiger partial charge on any atom is 0.261 e. The lowest BCUT2D eigenvalue weighted by Gasteiger charge is -2.35. The van der Waals surface area contributed by atoms with E-state index in [2.05, 4.69) is 4.98 Å². The van der Waals surface area contributed by atoms with Gasteiger partial charge in [-0.2, -0.15) is 0 Å². The summed E-state index contributed by atoms with van der Waals surface area (Å²) >= 11 is 0. The summed E-state index contributed by atoms with van der Waals surface area (Å²) in [5, 5.41) is 0.884. The molecule has 1 aliphatic rings. The molecule has 0 aliphatic carbocycles. The second-order valence-corrected chi connectivity index (χ2v) is 7.55. The molecule has 0 saturated heterocycles. The fourth-order valence-electron chi connectivity index (χ4n) is 4.21. The van der Waals surface area contributed by atoms with Gasteiger partial charge >= 0.3 is 0 Å². The highest BCUT2D eigenvalue weighted by molar-refractivity contribution is 5.98. The van der Waals surface area contributed by atoms with Crippen LogP contribution in [0, 0.1) is 13.8 Å². The minimum Gasteiger partial charge on any atom is -0.497 e. The number of H-pyrrole nitrogens is 1. The van der Waals surface area contributed by atoms with Gasteiger partial charge in [-0.15, -0.1) is 0 Å². The quantitative estimate of drug-likeness (QED) is 0.737. The van der Waals surface area contributed by atoms with Crippen LogP contribution in [0.4, 0.5) is 0 Å². The van der Waals surface area contributed by atoms with Gasteiger partial charge in [-0.1, -0.05) is 17.7 Å². The topological polar surface area (TPSA) is 62.4 Å². The molecule has 0 fully saturated rings. The number of aryl methyl sites for hydroxylation is 2. The first-order valence-electron chi connectivity index (χ1n) is 9.51. The number of aromatic nitrogens is 1. The van der Waals surface area contributed by atoms with Gasteiger partial charge in [-0.25, -0.2) is 0 Å². The van der Waals surface area contributed by atoms with E-state index in [1.54, 1.807) is 18.1 Å². The SMILES string of the molecule is COc1ccc2c(c1)CCN(C(=O)c1cc3cc(C)cc(C)c3[nH]c1=O)C2C. The summed E-state index contributed by atoms with van der Waals surface area (Å²) in [4.78, 5) is 30.6. The Labute approximate surface area is 163 Å². The molecule has 2 heterocycles. The van der Waals surface area contributed by atoms with Crippen LogP contribution in [0.3, 0.4) is 0 Å². The van der Waals surface area contributed by atoms with Crippen molar-refractivity contribution in [3.8, 4) is 5.75 Å². The zero-order valence-electron chi connectivity index (χ0n) is 16.6. The van der Waals surface area contributed by atoms with Crippen LogP contribution in [0.25, 0.3) is 10.9 Å². The monoisotopic (exact) mass is 376 g/mol. The maximum absolute atomic E-state index is 13.3. The Hall–Kier alpha value is -3.08. The summed E-state index contributed by atoms with van der Waals surface area (Å²) in [7, 11) is 1.65. The van der Waals surface area contributed by atoms with E-state index in [1.807, 2.05) is 51.1 Å². The molecule has 3 aromatic rings. The van der Waals surface area contributed by atoms with Gasteiger partial charge in [0.15, 0.2) is 0 Å². The number of fused-ring (bicyclic) bond motifs is 2. The van der Waals surface area contributed by atoms with Crippen molar-refractivity contribution in [2.45, 2.75) is 33.2 Å². The Kier molecular flexibility index (Phi) is 4.46. The summed E-state index contributed by atoms with van der Waals surface area (Å²) in [6.07, 6.45) is 0.742. The van der Waals surface area contributed by atoms with Crippen molar-refractivity contribution in [2.75, 3.05) is 13.7 Å². The van der Waals surface area contributed by atoms with Gasteiger partial charge in [-0.05, 0) is 73.5 Å². The molecule has 28 heavy (non-hydrogen) atoms. The fourth-order valence-corrected chi connectivity index (χ4v) is 4.21. The third kappa shape index (κ3) is 2.97. The Bertz CT molecular complexity index is 1150. The summed E-state index contributed by atoms with van der Waals surface area (Å²) in [5.41, 5.74) is 5.04. The van der Waals surface area contributed by atoms with E-state index in [0.29, 0.717) is 6.54 Å². The predicted octanol–water partition coefficient (Wildman–Crippen LogP) is 3.91. The number of carbonyl (C=O) groups excluding carboxylic acids is 1. The fraction of sp³-hybridized carbons (Fsp3) is 0.304. The second kappa shape index (κ2) is 6.82. The van der Waals surface area contributed by atoms with Gasteiger partial charge in [0.05, 0.1) is 18.7 Å². The lowest BCUT2D eigenvalue weighted by atomic mass is 9.92. The smallest absolute Gasteiger partial charge is 0.261 e. The number of hydrogen-bond donors (Lipinski definition) is 1. The molecule has 1 amide bonds. The van der Waals surface area contributed by atoms with Crippen molar-refractivity contribution in [3.63, 3.8) is 0 Å². The van der Waals surface area contributed by atoms with Crippen molar-refractivity contribution in [2.24, 2.45) is 0 Å². The highest BCUT2D eigenvalue weighted by Gasteiger charge is 2.30. The number of methoxy groups -OCH3 is 1. The third-order valence-corrected chi connectivity index (χ3v) is 5.67. The number of rotatable bonds is 2. The zero-order chi connectivity index (χ0) is 20.0. The van der Waals surface area contributed by atoms with E-state index in [9.17, 15) is 9.59 Å². The molecule has 0 radical (unpaired) electrons. The van der Waals surface area contributed by atoms with Crippen LogP contribution < -0.4 is 10.3 Å². The number of ether oxygens (including phenoxy) is 1. The highest BCUT2D eigenvalue weighted by Crippen LogP contribution is 2.32. The first kappa shape index (κ1) is 18.3. The Morgan fingerprint density at radius 3 is 2.71 bits per heavy atom. The number of benzene rings is 2. The summed E-state index contributed by atoms with van der Waals surface area (Å²) in [6, 6.07) is 11.6. The Morgan fingerprint density at radius 2 is 1.96 bits per heavy atom. The van der Waals surface area contributed by atoms with Gasteiger partial charge in [0.1, 0.15) is 11.3 Å². The summed E-state index contributed by atoms with van der Waals surface area (Å²) < 4.78 is 5.31. The van der Waals surface area contributed by atoms with E-state index < -0.39 is 0 Å². The molecule has 1 unspecified atom stereocenters. The molecule has 0 bridgehead atoms. The largest absolute Gasteiger partial charge is 0.497 e. The average Bonchev–Trinajstić information content (AvgIpc) is 2.67. The van der Waals surface area contributed by atoms with E-state index in [4.69, 9.17) is 4.74 Å². The molecule has 1 N–H and O–H groups in total. The Morgan fingerprint density at radius 1 is 1.18 bits per heavy atom. The molecule has 4 rings (SSSR count). The minimum absolute atomic E-state index is 0.100. The number of carbonyl (C=O) groups is 1. The molecular weight excluding hydrogens is 352 g/mol. The molecule has 0 spiro atoms. The van der Waals surface area contributed by atoms with Gasteiger partial charge in [0.2, 0.25) is 0 Å². The normalized spacial score (nSPS) is 16.1. The minimum atomic E-state index is -0.336. The molecule has 5 heteroatoms. The number of pyridine rings is 1. The average molecular weight is 376 g/mol. The van der Waals surface area contributed by atoms with Crippen LogP contribution in [0.5, 0.6) is 5.75 Å². The molecule has 1 aliphatic heterocycles.